The van der Waals surface area contributed by atoms with E-state index in [-0.39, 0.29) is 18.9 Å². The number of carboxylic acid groups (broad SMARTS) is 1. The fourth-order valence-electron chi connectivity index (χ4n) is 2.01. The maximum absolute atomic E-state index is 11.7. The van der Waals surface area contributed by atoms with E-state index in [0.717, 1.165) is 12.0 Å². The van der Waals surface area contributed by atoms with Crippen LogP contribution in [0.2, 0.25) is 0 Å². The van der Waals surface area contributed by atoms with Gasteiger partial charge in [0.15, 0.2) is 0 Å². The Hall–Kier alpha value is -2.34. The Morgan fingerprint density at radius 2 is 2.05 bits per heavy atom. The van der Waals surface area contributed by atoms with Gasteiger partial charge in [0.1, 0.15) is 12.3 Å². The molecular formula is C15H17NO5. The van der Waals surface area contributed by atoms with Crippen LogP contribution in [0.25, 0.3) is 0 Å². The minimum Gasteiger partial charge on any atom is -0.477 e. The summed E-state index contributed by atoms with van der Waals surface area (Å²) in [7, 11) is 0. The average molecular weight is 291 g/mol. The number of nitrogens with one attached hydrogen (secondary N) is 1. The summed E-state index contributed by atoms with van der Waals surface area (Å²) in [5.41, 5.74) is 1.26. The van der Waals surface area contributed by atoms with Crippen molar-refractivity contribution in [1.82, 2.24) is 5.32 Å². The lowest BCUT2D eigenvalue weighted by Crippen LogP contribution is -2.31. The van der Waals surface area contributed by atoms with Crippen molar-refractivity contribution >= 4 is 12.1 Å². The Morgan fingerprint density at radius 3 is 2.67 bits per heavy atom. The fraction of sp³-hybridized carbons (Fsp3) is 0.333. The molecule has 1 heterocycles. The van der Waals surface area contributed by atoms with Crippen molar-refractivity contribution in [3.05, 3.63) is 47.2 Å². The Bertz CT molecular complexity index is 530. The van der Waals surface area contributed by atoms with E-state index in [4.69, 9.17) is 9.47 Å². The summed E-state index contributed by atoms with van der Waals surface area (Å²) in [5, 5.41) is 11.5. The van der Waals surface area contributed by atoms with Gasteiger partial charge in [0.05, 0.1) is 6.61 Å². The average Bonchev–Trinajstić information content (AvgIpc) is 2.52. The summed E-state index contributed by atoms with van der Waals surface area (Å²) in [6, 6.07) is 9.17. The number of carboxylic acids is 1. The molecule has 0 radical (unpaired) electrons. The predicted octanol–water partition coefficient (Wildman–Crippen LogP) is 2.06. The summed E-state index contributed by atoms with van der Waals surface area (Å²) in [6.07, 6.45) is 0.558. The number of hydrogen-bond donors (Lipinski definition) is 2. The van der Waals surface area contributed by atoms with E-state index in [1.165, 1.54) is 0 Å². The van der Waals surface area contributed by atoms with Gasteiger partial charge in [-0.15, -0.1) is 0 Å². The van der Waals surface area contributed by atoms with Crippen LogP contribution in [0.3, 0.4) is 0 Å². The number of alkyl carbamates (subject to hydrolysis) is 1. The molecule has 1 saturated heterocycles. The van der Waals surface area contributed by atoms with Gasteiger partial charge in [-0.25, -0.2) is 9.59 Å². The smallest absolute Gasteiger partial charge is 0.412 e. The number of aliphatic carboxylic acids is 1. The van der Waals surface area contributed by atoms with Gasteiger partial charge < -0.3 is 14.6 Å². The summed E-state index contributed by atoms with van der Waals surface area (Å²) in [4.78, 5) is 22.9. The van der Waals surface area contributed by atoms with Crippen molar-refractivity contribution < 1.29 is 24.2 Å². The third-order valence-electron chi connectivity index (χ3n) is 3.05. The van der Waals surface area contributed by atoms with Crippen molar-refractivity contribution in [2.45, 2.75) is 19.4 Å². The van der Waals surface area contributed by atoms with Crippen LogP contribution in [0.15, 0.2) is 41.6 Å². The number of ether oxygens (including phenoxy) is 2. The molecule has 2 N–H and O–H groups in total. The Balaban J connectivity index is 1.94. The van der Waals surface area contributed by atoms with Gasteiger partial charge in [-0.3, -0.25) is 5.32 Å². The van der Waals surface area contributed by atoms with Crippen molar-refractivity contribution in [1.29, 1.82) is 0 Å². The third-order valence-corrected chi connectivity index (χ3v) is 3.05. The van der Waals surface area contributed by atoms with Gasteiger partial charge in [-0.1, -0.05) is 30.3 Å². The number of hydrogen-bond acceptors (Lipinski definition) is 4. The summed E-state index contributed by atoms with van der Waals surface area (Å²) >= 11 is 0. The van der Waals surface area contributed by atoms with Gasteiger partial charge in [-0.05, 0) is 24.0 Å². The highest BCUT2D eigenvalue weighted by atomic mass is 16.5. The third kappa shape index (κ3) is 4.61. The zero-order valence-electron chi connectivity index (χ0n) is 11.5. The number of carbonyl (C=O) groups excluding carboxylic acids is 1. The molecule has 0 aliphatic carbocycles. The molecule has 112 valence electrons. The lowest BCUT2D eigenvalue weighted by atomic mass is 10.1. The quantitative estimate of drug-likeness (QED) is 0.829. The molecule has 0 saturated carbocycles. The Labute approximate surface area is 122 Å². The largest absolute Gasteiger partial charge is 0.477 e. The van der Waals surface area contributed by atoms with Crippen molar-refractivity contribution in [2.75, 3.05) is 13.2 Å². The van der Waals surface area contributed by atoms with Crippen molar-refractivity contribution in [2.24, 2.45) is 0 Å². The van der Waals surface area contributed by atoms with E-state index < -0.39 is 12.1 Å². The van der Waals surface area contributed by atoms with Crippen LogP contribution >= 0.6 is 0 Å². The normalized spacial score (nSPS) is 17.0. The lowest BCUT2D eigenvalue weighted by molar-refractivity contribution is -0.133. The van der Waals surface area contributed by atoms with Crippen LogP contribution in [0.5, 0.6) is 0 Å². The number of benzene rings is 1. The molecule has 0 atom stereocenters. The zero-order chi connectivity index (χ0) is 15.1. The standard InChI is InChI=1S/C15H17NO5/c17-14(18)13(12-7-4-8-20-10-12)16-15(19)21-9-11-5-2-1-3-6-11/h1-3,5-6H,4,7-10H2,(H,16,19)(H,17,18)/b13-12-. The molecule has 0 aromatic heterocycles. The molecule has 1 amide bonds. The first kappa shape index (κ1) is 15.1. The molecule has 2 rings (SSSR count). The first-order valence-corrected chi connectivity index (χ1v) is 6.67. The molecule has 21 heavy (non-hydrogen) atoms. The van der Waals surface area contributed by atoms with E-state index in [1.54, 1.807) is 0 Å². The first-order chi connectivity index (χ1) is 10.2. The molecule has 1 aromatic rings. The van der Waals surface area contributed by atoms with E-state index >= 15 is 0 Å². The zero-order valence-corrected chi connectivity index (χ0v) is 11.5. The summed E-state index contributed by atoms with van der Waals surface area (Å²) in [6.45, 7) is 0.918. The van der Waals surface area contributed by atoms with Gasteiger partial charge >= 0.3 is 12.1 Å². The minimum absolute atomic E-state index is 0.0887. The van der Waals surface area contributed by atoms with Gasteiger partial charge in [0.2, 0.25) is 0 Å². The fourth-order valence-corrected chi connectivity index (χ4v) is 2.01. The summed E-state index contributed by atoms with van der Waals surface area (Å²) in [5.74, 6) is -1.19. The highest BCUT2D eigenvalue weighted by Gasteiger charge is 2.20. The molecular weight excluding hydrogens is 274 g/mol. The van der Waals surface area contributed by atoms with Crippen molar-refractivity contribution in [3.63, 3.8) is 0 Å². The van der Waals surface area contributed by atoms with Crippen LogP contribution in [0.1, 0.15) is 18.4 Å². The van der Waals surface area contributed by atoms with Crippen molar-refractivity contribution in [3.8, 4) is 0 Å². The molecule has 6 heteroatoms. The monoisotopic (exact) mass is 291 g/mol. The van der Waals surface area contributed by atoms with Crippen LogP contribution in [0.4, 0.5) is 4.79 Å². The molecule has 0 bridgehead atoms. The van der Waals surface area contributed by atoms with E-state index in [0.29, 0.717) is 18.6 Å². The topological polar surface area (TPSA) is 84.9 Å². The van der Waals surface area contributed by atoms with Crippen LogP contribution in [-0.4, -0.2) is 30.4 Å². The van der Waals surface area contributed by atoms with Gasteiger partial charge in [0, 0.05) is 6.61 Å². The predicted molar refractivity (Wildman–Crippen MR) is 74.5 cm³/mol. The second-order valence-corrected chi connectivity index (χ2v) is 4.63. The van der Waals surface area contributed by atoms with Crippen LogP contribution in [-0.2, 0) is 20.9 Å². The maximum atomic E-state index is 11.7. The van der Waals surface area contributed by atoms with E-state index in [9.17, 15) is 14.7 Å². The maximum Gasteiger partial charge on any atom is 0.412 e. The molecule has 1 fully saturated rings. The second kappa shape index (κ2) is 7.44. The number of rotatable bonds is 4. The molecule has 1 aromatic carbocycles. The molecule has 1 aliphatic rings. The SMILES string of the molecule is O=C(N/C(C(=O)O)=C1/CCCOC1)OCc1ccccc1. The molecule has 6 nitrogen and oxygen atoms in total. The highest BCUT2D eigenvalue weighted by Crippen LogP contribution is 2.16. The molecule has 0 unspecified atom stereocenters. The Morgan fingerprint density at radius 1 is 1.29 bits per heavy atom. The summed E-state index contributed by atoms with van der Waals surface area (Å²) < 4.78 is 10.2. The van der Waals surface area contributed by atoms with E-state index in [2.05, 4.69) is 5.32 Å². The number of carbonyl (C=O) groups is 2. The van der Waals surface area contributed by atoms with Gasteiger partial charge in [0.25, 0.3) is 0 Å². The molecule has 0 spiro atoms. The lowest BCUT2D eigenvalue weighted by Gasteiger charge is -2.18. The Kier molecular flexibility index (Phi) is 5.34. The number of amides is 1. The van der Waals surface area contributed by atoms with Gasteiger partial charge in [-0.2, -0.15) is 0 Å². The second-order valence-electron chi connectivity index (χ2n) is 4.63. The first-order valence-electron chi connectivity index (χ1n) is 6.67. The van der Waals surface area contributed by atoms with E-state index in [1.807, 2.05) is 30.3 Å². The van der Waals surface area contributed by atoms with Crippen LogP contribution in [0, 0.1) is 0 Å². The minimum atomic E-state index is -1.19. The van der Waals surface area contributed by atoms with Crippen LogP contribution < -0.4 is 5.32 Å². The molecule has 1 aliphatic heterocycles. The highest BCUT2D eigenvalue weighted by molar-refractivity contribution is 5.91.